The van der Waals surface area contributed by atoms with Crippen molar-refractivity contribution >= 4 is 23.0 Å². The Kier molecular flexibility index (Phi) is 4.01. The third-order valence-corrected chi connectivity index (χ3v) is 3.53. The topological polar surface area (TPSA) is 46.9 Å². The minimum atomic E-state index is -0.129. The molecule has 0 bridgehead atoms. The lowest BCUT2D eigenvalue weighted by atomic mass is 10.2. The van der Waals surface area contributed by atoms with E-state index in [1.165, 1.54) is 6.08 Å². The van der Waals surface area contributed by atoms with Gasteiger partial charge in [0.05, 0.1) is 17.6 Å². The molecule has 1 N–H and O–H groups in total. The zero-order valence-electron chi connectivity index (χ0n) is 12.4. The number of nitrogens with one attached hydrogen (secondary N) is 1. The molecule has 0 saturated carbocycles. The molecule has 1 amide bonds. The standard InChI is InChI=1S/C18H17N3O/c1-21-16-10-6-5-9-15(16)20-17(21)13-19-18(22)12-11-14-7-3-2-4-8-14/h2-12H,13H2,1H3,(H,19,22)/b12-11+. The average molecular weight is 291 g/mol. The fourth-order valence-corrected chi connectivity index (χ4v) is 2.31. The SMILES string of the molecule is Cn1c(CNC(=O)/C=C/c2ccccc2)nc2ccccc21. The Labute approximate surface area is 129 Å². The highest BCUT2D eigenvalue weighted by atomic mass is 16.1. The number of carbonyl (C=O) groups excluding carboxylic acids is 1. The molecule has 0 fully saturated rings. The summed E-state index contributed by atoms with van der Waals surface area (Å²) in [7, 11) is 1.95. The molecule has 0 aliphatic heterocycles. The van der Waals surface area contributed by atoms with E-state index in [0.717, 1.165) is 22.4 Å². The summed E-state index contributed by atoms with van der Waals surface area (Å²) in [5.41, 5.74) is 3.00. The average Bonchev–Trinajstić information content (AvgIpc) is 2.88. The summed E-state index contributed by atoms with van der Waals surface area (Å²) in [5, 5.41) is 2.86. The zero-order valence-corrected chi connectivity index (χ0v) is 12.4. The van der Waals surface area contributed by atoms with Crippen molar-refractivity contribution in [3.05, 3.63) is 72.1 Å². The summed E-state index contributed by atoms with van der Waals surface area (Å²) in [4.78, 5) is 16.4. The third kappa shape index (κ3) is 3.06. The number of para-hydroxylation sites is 2. The van der Waals surface area contributed by atoms with E-state index in [1.54, 1.807) is 6.08 Å². The molecule has 3 rings (SSSR count). The molecule has 110 valence electrons. The molecule has 1 aromatic heterocycles. The van der Waals surface area contributed by atoms with Crippen molar-refractivity contribution < 1.29 is 4.79 Å². The van der Waals surface area contributed by atoms with E-state index in [0.29, 0.717) is 6.54 Å². The van der Waals surface area contributed by atoms with Gasteiger partial charge >= 0.3 is 0 Å². The van der Waals surface area contributed by atoms with E-state index in [9.17, 15) is 4.79 Å². The van der Waals surface area contributed by atoms with Crippen molar-refractivity contribution in [2.75, 3.05) is 0 Å². The van der Waals surface area contributed by atoms with Gasteiger partial charge in [0, 0.05) is 13.1 Å². The smallest absolute Gasteiger partial charge is 0.244 e. The fourth-order valence-electron chi connectivity index (χ4n) is 2.31. The first kappa shape index (κ1) is 14.1. The highest BCUT2D eigenvalue weighted by molar-refractivity contribution is 5.91. The van der Waals surface area contributed by atoms with Crippen LogP contribution in [0.1, 0.15) is 11.4 Å². The molecule has 0 radical (unpaired) electrons. The lowest BCUT2D eigenvalue weighted by Crippen LogP contribution is -2.22. The van der Waals surface area contributed by atoms with Crippen molar-refractivity contribution in [1.29, 1.82) is 0 Å². The Morgan fingerprint density at radius 1 is 1.14 bits per heavy atom. The number of amides is 1. The first-order chi connectivity index (χ1) is 10.7. The molecule has 22 heavy (non-hydrogen) atoms. The van der Waals surface area contributed by atoms with Gasteiger partial charge in [0.2, 0.25) is 5.91 Å². The fraction of sp³-hybridized carbons (Fsp3) is 0.111. The number of rotatable bonds is 4. The molecule has 4 heteroatoms. The van der Waals surface area contributed by atoms with Gasteiger partial charge in [0.25, 0.3) is 0 Å². The van der Waals surface area contributed by atoms with Crippen LogP contribution in [-0.4, -0.2) is 15.5 Å². The predicted molar refractivity (Wildman–Crippen MR) is 88.0 cm³/mol. The largest absolute Gasteiger partial charge is 0.345 e. The Bertz CT molecular complexity index is 819. The van der Waals surface area contributed by atoms with Crippen LogP contribution in [0.15, 0.2) is 60.7 Å². The van der Waals surface area contributed by atoms with Crippen LogP contribution in [0, 0.1) is 0 Å². The van der Waals surface area contributed by atoms with Crippen LogP contribution in [0.25, 0.3) is 17.1 Å². The minimum Gasteiger partial charge on any atom is -0.345 e. The molecule has 0 unspecified atom stereocenters. The number of aryl methyl sites for hydroxylation is 1. The molecule has 0 aliphatic rings. The maximum absolute atomic E-state index is 11.9. The van der Waals surface area contributed by atoms with E-state index in [-0.39, 0.29) is 5.91 Å². The van der Waals surface area contributed by atoms with E-state index in [4.69, 9.17) is 0 Å². The van der Waals surface area contributed by atoms with Crippen LogP contribution >= 0.6 is 0 Å². The summed E-state index contributed by atoms with van der Waals surface area (Å²) in [5.74, 6) is 0.707. The monoisotopic (exact) mass is 291 g/mol. The molecule has 4 nitrogen and oxygen atoms in total. The van der Waals surface area contributed by atoms with Crippen LogP contribution < -0.4 is 5.32 Å². The molecule has 0 spiro atoms. The van der Waals surface area contributed by atoms with Crippen LogP contribution in [0.2, 0.25) is 0 Å². The molecule has 1 heterocycles. The Hall–Kier alpha value is -2.88. The number of fused-ring (bicyclic) bond motifs is 1. The van der Waals surface area contributed by atoms with Gasteiger partial charge in [0.15, 0.2) is 0 Å². The lowest BCUT2D eigenvalue weighted by molar-refractivity contribution is -0.116. The van der Waals surface area contributed by atoms with Crippen LogP contribution in [0.3, 0.4) is 0 Å². The number of nitrogens with zero attached hydrogens (tertiary/aromatic N) is 2. The number of aromatic nitrogens is 2. The second kappa shape index (κ2) is 6.26. The van der Waals surface area contributed by atoms with Crippen LogP contribution in [0.4, 0.5) is 0 Å². The van der Waals surface area contributed by atoms with Crippen molar-refractivity contribution in [2.24, 2.45) is 7.05 Å². The van der Waals surface area contributed by atoms with E-state index >= 15 is 0 Å². The Morgan fingerprint density at radius 3 is 2.64 bits per heavy atom. The summed E-state index contributed by atoms with van der Waals surface area (Å²) < 4.78 is 2.00. The van der Waals surface area contributed by atoms with Gasteiger partial charge in [-0.05, 0) is 23.8 Å². The number of carbonyl (C=O) groups is 1. The van der Waals surface area contributed by atoms with Gasteiger partial charge < -0.3 is 9.88 Å². The molecule has 0 atom stereocenters. The molecular formula is C18H17N3O. The minimum absolute atomic E-state index is 0.129. The first-order valence-electron chi connectivity index (χ1n) is 7.15. The van der Waals surface area contributed by atoms with Gasteiger partial charge in [-0.3, -0.25) is 4.79 Å². The van der Waals surface area contributed by atoms with Gasteiger partial charge in [0.1, 0.15) is 5.82 Å². The van der Waals surface area contributed by atoms with Crippen molar-refractivity contribution in [1.82, 2.24) is 14.9 Å². The third-order valence-electron chi connectivity index (χ3n) is 3.53. The van der Waals surface area contributed by atoms with Crippen molar-refractivity contribution in [3.63, 3.8) is 0 Å². The zero-order chi connectivity index (χ0) is 15.4. The van der Waals surface area contributed by atoms with Gasteiger partial charge in [-0.1, -0.05) is 42.5 Å². The maximum atomic E-state index is 11.9. The first-order valence-corrected chi connectivity index (χ1v) is 7.15. The molecule has 0 aliphatic carbocycles. The Morgan fingerprint density at radius 2 is 1.86 bits per heavy atom. The summed E-state index contributed by atoms with van der Waals surface area (Å²) >= 11 is 0. The van der Waals surface area contributed by atoms with E-state index < -0.39 is 0 Å². The van der Waals surface area contributed by atoms with E-state index in [2.05, 4.69) is 10.3 Å². The molecular weight excluding hydrogens is 274 g/mol. The van der Waals surface area contributed by atoms with Gasteiger partial charge in [-0.15, -0.1) is 0 Å². The number of benzene rings is 2. The highest BCUT2D eigenvalue weighted by Crippen LogP contribution is 2.13. The van der Waals surface area contributed by atoms with Crippen LogP contribution in [0.5, 0.6) is 0 Å². The second-order valence-electron chi connectivity index (χ2n) is 5.04. The Balaban J connectivity index is 1.65. The number of hydrogen-bond acceptors (Lipinski definition) is 2. The predicted octanol–water partition coefficient (Wildman–Crippen LogP) is 2.90. The lowest BCUT2D eigenvalue weighted by Gasteiger charge is -2.03. The van der Waals surface area contributed by atoms with Crippen LogP contribution in [-0.2, 0) is 18.4 Å². The van der Waals surface area contributed by atoms with E-state index in [1.807, 2.05) is 66.2 Å². The molecule has 2 aromatic carbocycles. The number of hydrogen-bond donors (Lipinski definition) is 1. The molecule has 0 saturated heterocycles. The van der Waals surface area contributed by atoms with Gasteiger partial charge in [-0.2, -0.15) is 0 Å². The van der Waals surface area contributed by atoms with Crippen molar-refractivity contribution in [2.45, 2.75) is 6.54 Å². The van der Waals surface area contributed by atoms with Gasteiger partial charge in [-0.25, -0.2) is 4.98 Å². The normalized spacial score (nSPS) is 11.1. The molecule has 3 aromatic rings. The maximum Gasteiger partial charge on any atom is 0.244 e. The summed E-state index contributed by atoms with van der Waals surface area (Å²) in [6, 6.07) is 17.7. The summed E-state index contributed by atoms with van der Waals surface area (Å²) in [6.07, 6.45) is 3.34. The second-order valence-corrected chi connectivity index (χ2v) is 5.04. The number of imidazole rings is 1. The quantitative estimate of drug-likeness (QED) is 0.751. The van der Waals surface area contributed by atoms with Crippen molar-refractivity contribution in [3.8, 4) is 0 Å². The summed E-state index contributed by atoms with van der Waals surface area (Å²) in [6.45, 7) is 0.406. The highest BCUT2D eigenvalue weighted by Gasteiger charge is 2.07.